The molecule has 18 atom stereocenters. The lowest BCUT2D eigenvalue weighted by molar-refractivity contribution is -0.333. The van der Waals surface area contributed by atoms with Gasteiger partial charge in [0.05, 0.1) is 41.2 Å². The van der Waals surface area contributed by atoms with Crippen molar-refractivity contribution >= 4 is 74.9 Å². The van der Waals surface area contributed by atoms with Gasteiger partial charge in [-0.15, -0.1) is 0 Å². The number of fused-ring (bicyclic) bond motifs is 15. The van der Waals surface area contributed by atoms with Crippen LogP contribution < -0.4 is 72.5 Å². The summed E-state index contributed by atoms with van der Waals surface area (Å²) in [5, 5.41) is 130. The fourth-order valence-electron chi connectivity index (χ4n) is 18.2. The number of carbonyl (C=O) groups is 9. The van der Waals surface area contributed by atoms with Crippen LogP contribution in [0.5, 0.6) is 46.0 Å². The number of urea groups is 1. The number of nitrogens with one attached hydrogen (secondary N) is 10. The Bertz CT molecular complexity index is 5270. The van der Waals surface area contributed by atoms with Crippen LogP contribution in [0.25, 0.3) is 11.1 Å². The largest absolute Gasteiger partial charge is 0.508 e. The van der Waals surface area contributed by atoms with Gasteiger partial charge in [-0.1, -0.05) is 61.3 Å². The molecule has 664 valence electrons. The highest BCUT2D eigenvalue weighted by atomic mass is 35.5. The van der Waals surface area contributed by atoms with Crippen LogP contribution in [-0.2, 0) is 62.6 Å². The molecule has 7 heterocycles. The molecule has 11 aliphatic rings. The Balaban J connectivity index is 0.966. The van der Waals surface area contributed by atoms with E-state index in [-0.39, 0.29) is 69.7 Å². The number of aromatic hydroxyl groups is 3. The zero-order chi connectivity index (χ0) is 89.1. The van der Waals surface area contributed by atoms with Gasteiger partial charge in [0.15, 0.2) is 23.9 Å². The van der Waals surface area contributed by atoms with E-state index in [0.29, 0.717) is 17.4 Å². The molecule has 4 aliphatic carbocycles. The fraction of sp³-hybridized carbons (Fsp3) is 0.471. The number of rotatable bonds is 16. The van der Waals surface area contributed by atoms with E-state index >= 15 is 28.8 Å². The fourth-order valence-corrected chi connectivity index (χ4v) is 19.3. The van der Waals surface area contributed by atoms with Crippen LogP contribution in [0.15, 0.2) is 108 Å². The Morgan fingerprint density at radius 2 is 1.31 bits per heavy atom. The summed E-state index contributed by atoms with van der Waals surface area (Å²) in [7, 11) is -3.29. The van der Waals surface area contributed by atoms with Gasteiger partial charge in [0, 0.05) is 35.2 Å². The molecule has 6 aromatic carbocycles. The van der Waals surface area contributed by atoms with Crippen molar-refractivity contribution in [3.8, 4) is 57.1 Å². The molecule has 0 unspecified atom stereocenters. The summed E-state index contributed by atoms with van der Waals surface area (Å²) >= 11 is 7.28. The molecular weight excluding hydrogens is 1660 g/mol. The summed E-state index contributed by atoms with van der Waals surface area (Å²) in [5.74, 6) is -14.1. The van der Waals surface area contributed by atoms with Crippen LogP contribution in [0.1, 0.15) is 148 Å². The Kier molecular flexibility index (Phi) is 26.0. The minimum absolute atomic E-state index is 0.0433. The molecule has 2 saturated heterocycles. The summed E-state index contributed by atoms with van der Waals surface area (Å²) in [4.78, 5) is 138. The second-order valence-corrected chi connectivity index (χ2v) is 36.1. The van der Waals surface area contributed by atoms with Crippen molar-refractivity contribution in [2.45, 2.75) is 213 Å². The van der Waals surface area contributed by atoms with Crippen LogP contribution in [0.3, 0.4) is 0 Å². The molecule has 15 bridgehead atoms. The van der Waals surface area contributed by atoms with Crippen LogP contribution in [-0.4, -0.2) is 206 Å². The van der Waals surface area contributed by atoms with Crippen molar-refractivity contribution < 1.29 is 126 Å². The first kappa shape index (κ1) is 89.4. The van der Waals surface area contributed by atoms with Crippen LogP contribution >= 0.6 is 11.6 Å². The van der Waals surface area contributed by atoms with Crippen molar-refractivity contribution in [1.82, 2.24) is 52.6 Å². The minimum Gasteiger partial charge on any atom is -0.508 e. The summed E-state index contributed by atoms with van der Waals surface area (Å²) in [6, 6.07) is 3.23. The quantitative estimate of drug-likeness (QED) is 0.0662. The number of likely N-dealkylation sites (N-methyl/N-ethyl adjacent to an activating group) is 1. The van der Waals surface area contributed by atoms with E-state index in [1.54, 1.807) is 25.5 Å². The van der Waals surface area contributed by atoms with Crippen LogP contribution in [0.4, 0.5) is 4.79 Å². The maximum absolute atomic E-state index is 16.6. The zero-order valence-electron chi connectivity index (χ0n) is 68.3. The SMILES string of the molecule is CN[C@H](CC(C)C)C(=O)N[C@H]1C(=O)N[C@@H](CC(=O)NC(=O)NS(=O)(=O)c2ccc(C)cc2)C(=O)N[C@H]2C(=O)N[C@H]3C(=O)N[C@H](C(=O)N[C@H](C(=O)NC4C5CC6CC(C5)CC4C6)c4cc(O)cc(O)c4-c4cc3ccc4O)[C@H](O)c3ccc(c(Cl)c3)Oc3cc2cc(c3O[C@@H]2O[C@H](CO)[C@@H](O)[C@H](O)[C@H]2O[C@H]2C[C@](C)(N)[C@H](O)[C@H](C)O2)Oc2ccc(cc2C)[C@H]1O. The highest BCUT2D eigenvalue weighted by Crippen LogP contribution is 2.55. The summed E-state index contributed by atoms with van der Waals surface area (Å²) < 4.78 is 68.0. The van der Waals surface area contributed by atoms with Crippen LogP contribution in [0, 0.1) is 43.4 Å². The zero-order valence-corrected chi connectivity index (χ0v) is 69.9. The molecule has 6 fully saturated rings. The van der Waals surface area contributed by atoms with Gasteiger partial charge in [-0.2, -0.15) is 0 Å². The van der Waals surface area contributed by atoms with Gasteiger partial charge in [-0.25, -0.2) is 17.9 Å². The second kappa shape index (κ2) is 36.0. The predicted octanol–water partition coefficient (Wildman–Crippen LogP) is 2.66. The third-order valence-corrected chi connectivity index (χ3v) is 26.0. The molecular formula is C85H100ClN11O26S. The molecule has 124 heavy (non-hydrogen) atoms. The number of amides is 10. The van der Waals surface area contributed by atoms with Crippen LogP contribution in [0.2, 0.25) is 5.02 Å². The molecule has 0 aromatic heterocycles. The number of phenolic OH excluding ortho intramolecular Hbond substituents is 3. The Labute approximate surface area is 716 Å². The first-order valence-corrected chi connectivity index (χ1v) is 42.6. The van der Waals surface area contributed by atoms with Crippen molar-refractivity contribution in [3.63, 3.8) is 0 Å². The van der Waals surface area contributed by atoms with Gasteiger partial charge < -0.3 is 123 Å². The second-order valence-electron chi connectivity index (χ2n) is 34.0. The number of ether oxygens (including phenoxy) is 6. The molecule has 0 spiro atoms. The molecule has 10 amide bonds. The van der Waals surface area contributed by atoms with E-state index in [2.05, 4.69) is 42.5 Å². The first-order chi connectivity index (χ1) is 58.7. The van der Waals surface area contributed by atoms with E-state index in [0.717, 1.165) is 80.6 Å². The predicted molar refractivity (Wildman–Crippen MR) is 436 cm³/mol. The topological polar surface area (TPSA) is 572 Å². The third-order valence-electron chi connectivity index (χ3n) is 24.4. The number of carbonyl (C=O) groups excluding carboxylic acids is 9. The van der Waals surface area contributed by atoms with Gasteiger partial charge in [0.25, 0.3) is 10.0 Å². The molecule has 6 aromatic rings. The van der Waals surface area contributed by atoms with E-state index in [9.17, 15) is 68.8 Å². The van der Waals surface area contributed by atoms with Crippen molar-refractivity contribution in [3.05, 3.63) is 147 Å². The summed E-state index contributed by atoms with van der Waals surface area (Å²) in [5.41, 5.74) is 3.60. The smallest absolute Gasteiger partial charge is 0.335 e. The average Bonchev–Trinajstić information content (AvgIpc) is 0.757. The normalized spacial score (nSPS) is 30.6. The third kappa shape index (κ3) is 18.8. The lowest BCUT2D eigenvalue weighted by atomic mass is 9.54. The van der Waals surface area contributed by atoms with Gasteiger partial charge >= 0.3 is 6.03 Å². The Morgan fingerprint density at radius 3 is 1.94 bits per heavy atom. The van der Waals surface area contributed by atoms with E-state index in [1.807, 2.05) is 5.32 Å². The van der Waals surface area contributed by atoms with Gasteiger partial charge in [-0.3, -0.25) is 43.7 Å². The Hall–Kier alpha value is -10.9. The van der Waals surface area contributed by atoms with E-state index < -0.39 is 253 Å². The molecule has 4 saturated carbocycles. The number of halogens is 1. The number of aliphatic hydroxyl groups excluding tert-OH is 6. The number of phenols is 3. The lowest BCUT2D eigenvalue weighted by Gasteiger charge is -2.54. The maximum atomic E-state index is 16.6. The van der Waals surface area contributed by atoms with Crippen molar-refractivity contribution in [2.24, 2.45) is 35.3 Å². The van der Waals surface area contributed by atoms with Gasteiger partial charge in [-0.05, 0) is 203 Å². The maximum Gasteiger partial charge on any atom is 0.335 e. The highest BCUT2D eigenvalue weighted by Gasteiger charge is 2.53. The average molecular weight is 1760 g/mol. The molecule has 39 heteroatoms. The Morgan fingerprint density at radius 1 is 0.677 bits per heavy atom. The number of aliphatic hydroxyl groups is 6. The number of benzene rings is 6. The number of aryl methyl sites for hydroxylation is 2. The number of hydrogen-bond donors (Lipinski definition) is 20. The molecule has 0 radical (unpaired) electrons. The van der Waals surface area contributed by atoms with E-state index in [4.69, 9.17) is 45.8 Å². The first-order valence-electron chi connectivity index (χ1n) is 40.7. The number of sulfonamides is 1. The lowest BCUT2D eigenvalue weighted by Crippen LogP contribution is -2.64. The van der Waals surface area contributed by atoms with Gasteiger partial charge in [0.2, 0.25) is 59.3 Å². The minimum atomic E-state index is -4.75. The summed E-state index contributed by atoms with van der Waals surface area (Å²) in [6.45, 7) is 8.76. The molecule has 21 N–H and O–H groups in total. The number of imide groups is 1. The molecule has 17 rings (SSSR count). The van der Waals surface area contributed by atoms with E-state index in [1.165, 1.54) is 82.4 Å². The molecule has 37 nitrogen and oxygen atoms in total. The summed E-state index contributed by atoms with van der Waals surface area (Å²) in [6.07, 6.45) is -14.8. The standard InChI is InChI=1S/C85H100ClN11O26S/c1-34(2)18-51(88-7)76(108)95-67-69(103)41-11-16-55(36(4)19-41)119-57-27-45-28-58(73(57)123-83-74(72(106)71(105)59(33-98)121-83)122-61-32-85(6,87)75(107)37(5)118-61)120-56-17-12-42(26-50(56)86)70(104)68-82(114)94-66(80(112)91-63-43-21-38-20-39(23-43)24-44(63)22-38)49-29-46(99)30-54(101)62(49)48-25-40(10-15-53(48)100)64(78(110)96-68)93-79(111)65(45)92-77(109)52(89-81(67)113)31-60(102)90-84(115)97-124(116,117)47-13-8-35(3)9-14-47/h8-17,19,25-30,34,37-39,43-44,51-52,59,61,63-72,74-75,83,88,98-101,103-107H,18,20-24,31-33,87H2,1-7H3,(H,89,113)(H,91,112)(H,92,109)(H,93,111)(H,94,114)(H,95,108)(H,96,110)(H2,90,97,102,115)/t37-,38?,39?,43?,44?,51+,52-,59+,61-,63?,64+,65+,66-,67+,68-,69+,70+,71+,72-,74+,75+,83-,85-/m0/s1. The van der Waals surface area contributed by atoms with Gasteiger partial charge in [0.1, 0.15) is 95.5 Å². The number of nitrogens with two attached hydrogens (primary N) is 1. The van der Waals surface area contributed by atoms with Crippen molar-refractivity contribution in [1.29, 1.82) is 0 Å². The van der Waals surface area contributed by atoms with Crippen molar-refractivity contribution in [2.75, 3.05) is 13.7 Å². The monoisotopic (exact) mass is 1760 g/mol. The molecule has 7 aliphatic heterocycles. The highest BCUT2D eigenvalue weighted by molar-refractivity contribution is 7.90. The number of hydrogen-bond acceptors (Lipinski definition) is 28.